The maximum absolute atomic E-state index is 12.9. The van der Waals surface area contributed by atoms with E-state index in [1.165, 1.54) is 13.9 Å². The molecule has 1 aliphatic carbocycles. The first-order valence-electron chi connectivity index (χ1n) is 7.89. The molecule has 2 saturated heterocycles. The van der Waals surface area contributed by atoms with Crippen molar-refractivity contribution in [2.24, 2.45) is 0 Å². The number of amides is 1. The van der Waals surface area contributed by atoms with Gasteiger partial charge in [-0.2, -0.15) is 31.0 Å². The molecule has 0 bridgehead atoms. The van der Waals surface area contributed by atoms with Gasteiger partial charge in [-0.15, -0.1) is 0 Å². The molecule has 0 aromatic carbocycles. The van der Waals surface area contributed by atoms with Crippen molar-refractivity contribution >= 4 is 16.1 Å². The third-order valence-electron chi connectivity index (χ3n) is 4.66. The molecule has 3 aliphatic rings. The van der Waals surface area contributed by atoms with E-state index in [4.69, 9.17) is 0 Å². The van der Waals surface area contributed by atoms with Crippen LogP contribution < -0.4 is 4.72 Å². The van der Waals surface area contributed by atoms with Crippen LogP contribution in [0.15, 0.2) is 6.07 Å². The van der Waals surface area contributed by atoms with E-state index >= 15 is 0 Å². The number of hydrogen-bond acceptors (Lipinski definition) is 4. The summed E-state index contributed by atoms with van der Waals surface area (Å²) in [7, 11) is -3.51. The number of nitrogens with one attached hydrogen (secondary N) is 1. The largest absolute Gasteiger partial charge is 0.435 e. The van der Waals surface area contributed by atoms with Gasteiger partial charge in [0.25, 0.3) is 16.1 Å². The van der Waals surface area contributed by atoms with Crippen LogP contribution in [0.2, 0.25) is 0 Å². The van der Waals surface area contributed by atoms with Crippen molar-refractivity contribution in [2.45, 2.75) is 31.1 Å². The molecule has 1 aromatic heterocycles. The minimum Gasteiger partial charge on any atom is -0.334 e. The lowest BCUT2D eigenvalue weighted by molar-refractivity contribution is -0.141. The fourth-order valence-corrected chi connectivity index (χ4v) is 4.67. The Bertz CT molecular complexity index is 817. The summed E-state index contributed by atoms with van der Waals surface area (Å²) in [6.07, 6.45) is -3.23. The molecule has 12 heteroatoms. The summed E-state index contributed by atoms with van der Waals surface area (Å²) in [4.78, 5) is 14.2. The van der Waals surface area contributed by atoms with Crippen LogP contribution in [0.3, 0.4) is 0 Å². The van der Waals surface area contributed by atoms with Gasteiger partial charge >= 0.3 is 6.18 Å². The molecule has 0 radical (unpaired) electrons. The van der Waals surface area contributed by atoms with Gasteiger partial charge in [-0.1, -0.05) is 0 Å². The third kappa shape index (κ3) is 2.91. The number of rotatable bonds is 2. The Labute approximate surface area is 141 Å². The van der Waals surface area contributed by atoms with Crippen molar-refractivity contribution in [1.29, 1.82) is 0 Å². The van der Waals surface area contributed by atoms with Gasteiger partial charge in [0.05, 0.1) is 12.1 Å². The molecule has 1 unspecified atom stereocenters. The van der Waals surface area contributed by atoms with E-state index < -0.39 is 34.0 Å². The van der Waals surface area contributed by atoms with Crippen molar-refractivity contribution in [3.8, 4) is 0 Å². The van der Waals surface area contributed by atoms with E-state index in [0.29, 0.717) is 12.8 Å². The van der Waals surface area contributed by atoms with Crippen LogP contribution in [-0.4, -0.2) is 65.5 Å². The molecular formula is C13H16F3N5O3S. The summed E-state index contributed by atoms with van der Waals surface area (Å²) in [5, 5.41) is 3.57. The molecule has 3 fully saturated rings. The monoisotopic (exact) mass is 379 g/mol. The van der Waals surface area contributed by atoms with Crippen LogP contribution in [0.4, 0.5) is 13.2 Å². The standard InChI is InChI=1S/C13H16F3N5O3S/c14-13(15,16)11-5-10(21(18-11)8-1-2-8)12(22)19-3-4-20-9(7-19)6-17-25(20,23)24/h5,8-9,17H,1-4,6-7H2. The highest BCUT2D eigenvalue weighted by atomic mass is 32.2. The van der Waals surface area contributed by atoms with E-state index in [9.17, 15) is 26.4 Å². The highest BCUT2D eigenvalue weighted by Gasteiger charge is 2.44. The molecule has 1 N–H and O–H groups in total. The Balaban J connectivity index is 1.58. The zero-order valence-corrected chi connectivity index (χ0v) is 13.8. The lowest BCUT2D eigenvalue weighted by atomic mass is 10.2. The smallest absolute Gasteiger partial charge is 0.334 e. The minimum atomic E-state index is -4.61. The first kappa shape index (κ1) is 16.8. The fraction of sp³-hybridized carbons (Fsp3) is 0.692. The number of halogens is 3. The molecule has 25 heavy (non-hydrogen) atoms. The quantitative estimate of drug-likeness (QED) is 0.796. The Morgan fingerprint density at radius 3 is 2.60 bits per heavy atom. The van der Waals surface area contributed by atoms with Gasteiger partial charge in [-0.25, -0.2) is 4.72 Å². The number of aromatic nitrogens is 2. The van der Waals surface area contributed by atoms with E-state index in [0.717, 1.165) is 6.07 Å². The Hall–Kier alpha value is -1.66. The van der Waals surface area contributed by atoms with Crippen LogP contribution in [-0.2, 0) is 16.4 Å². The average Bonchev–Trinajstić information content (AvgIpc) is 3.20. The Morgan fingerprint density at radius 1 is 1.24 bits per heavy atom. The van der Waals surface area contributed by atoms with Gasteiger partial charge in [0.1, 0.15) is 5.69 Å². The molecule has 8 nitrogen and oxygen atoms in total. The predicted molar refractivity (Wildman–Crippen MR) is 78.8 cm³/mol. The summed E-state index contributed by atoms with van der Waals surface area (Å²) in [5.41, 5.74) is -1.16. The summed E-state index contributed by atoms with van der Waals surface area (Å²) < 4.78 is 67.3. The average molecular weight is 379 g/mol. The molecule has 1 amide bonds. The van der Waals surface area contributed by atoms with Crippen molar-refractivity contribution in [1.82, 2.24) is 23.7 Å². The van der Waals surface area contributed by atoms with Crippen molar-refractivity contribution in [2.75, 3.05) is 26.2 Å². The maximum Gasteiger partial charge on any atom is 0.435 e. The normalized spacial score (nSPS) is 26.7. The second-order valence-electron chi connectivity index (χ2n) is 6.46. The SMILES string of the molecule is O=C(c1cc(C(F)(F)F)nn1C1CC1)N1CCN2C(CNS2(=O)=O)C1. The first-order valence-corrected chi connectivity index (χ1v) is 9.33. The molecule has 2 aliphatic heterocycles. The molecule has 1 aromatic rings. The molecule has 138 valence electrons. The van der Waals surface area contributed by atoms with Crippen LogP contribution in [0, 0.1) is 0 Å². The summed E-state index contributed by atoms with van der Waals surface area (Å²) in [6, 6.07) is 0.211. The first-order chi connectivity index (χ1) is 11.7. The second kappa shape index (κ2) is 5.42. The van der Waals surface area contributed by atoms with Gasteiger partial charge < -0.3 is 4.90 Å². The molecule has 1 atom stereocenters. The van der Waals surface area contributed by atoms with Gasteiger partial charge in [-0.05, 0) is 12.8 Å². The number of carbonyl (C=O) groups excluding carboxylic acids is 1. The van der Waals surface area contributed by atoms with Gasteiger partial charge in [0, 0.05) is 32.2 Å². The van der Waals surface area contributed by atoms with E-state index in [-0.39, 0.29) is 37.9 Å². The maximum atomic E-state index is 12.9. The molecule has 4 rings (SSSR count). The number of carbonyl (C=O) groups is 1. The van der Waals surface area contributed by atoms with E-state index in [2.05, 4.69) is 9.82 Å². The predicted octanol–water partition coefficient (Wildman–Crippen LogP) is 0.211. The molecule has 0 spiro atoms. The molecule has 1 saturated carbocycles. The van der Waals surface area contributed by atoms with Gasteiger partial charge in [-0.3, -0.25) is 9.48 Å². The van der Waals surface area contributed by atoms with E-state index in [1.54, 1.807) is 0 Å². The zero-order valence-electron chi connectivity index (χ0n) is 13.0. The molecular weight excluding hydrogens is 363 g/mol. The van der Waals surface area contributed by atoms with Crippen molar-refractivity contribution < 1.29 is 26.4 Å². The van der Waals surface area contributed by atoms with Crippen LogP contribution >= 0.6 is 0 Å². The molecule has 3 heterocycles. The number of fused-ring (bicyclic) bond motifs is 1. The number of nitrogens with zero attached hydrogens (tertiary/aromatic N) is 4. The summed E-state index contributed by atoms with van der Waals surface area (Å²) in [5.74, 6) is -0.543. The van der Waals surface area contributed by atoms with Gasteiger partial charge in [0.15, 0.2) is 5.69 Å². The fourth-order valence-electron chi connectivity index (χ4n) is 3.24. The van der Waals surface area contributed by atoms with Crippen molar-refractivity contribution in [3.05, 3.63) is 17.5 Å². The van der Waals surface area contributed by atoms with E-state index in [1.807, 2.05) is 0 Å². The van der Waals surface area contributed by atoms with Crippen LogP contribution in [0.5, 0.6) is 0 Å². The van der Waals surface area contributed by atoms with Crippen LogP contribution in [0.25, 0.3) is 0 Å². The number of piperazine rings is 1. The topological polar surface area (TPSA) is 87.5 Å². The summed E-state index contributed by atoms with van der Waals surface area (Å²) in [6.45, 7) is 0.576. The zero-order chi connectivity index (χ0) is 18.0. The second-order valence-corrected chi connectivity index (χ2v) is 8.17. The van der Waals surface area contributed by atoms with Crippen molar-refractivity contribution in [3.63, 3.8) is 0 Å². The minimum absolute atomic E-state index is 0.0860. The lowest BCUT2D eigenvalue weighted by Crippen LogP contribution is -2.54. The highest BCUT2D eigenvalue weighted by Crippen LogP contribution is 2.38. The Kier molecular flexibility index (Phi) is 3.64. The van der Waals surface area contributed by atoms with Gasteiger partial charge in [0.2, 0.25) is 0 Å². The lowest BCUT2D eigenvalue weighted by Gasteiger charge is -2.35. The number of alkyl halides is 3. The summed E-state index contributed by atoms with van der Waals surface area (Å²) >= 11 is 0. The number of hydrogen-bond donors (Lipinski definition) is 1. The third-order valence-corrected chi connectivity index (χ3v) is 6.29. The Morgan fingerprint density at radius 2 is 1.96 bits per heavy atom. The van der Waals surface area contributed by atoms with Crippen LogP contribution in [0.1, 0.15) is 35.1 Å². The highest BCUT2D eigenvalue weighted by molar-refractivity contribution is 7.87.